The number of nitrogens with zero attached hydrogens (tertiary/aromatic N) is 1. The Bertz CT molecular complexity index is 797. The molecule has 2 aliphatic rings. The predicted molar refractivity (Wildman–Crippen MR) is 107 cm³/mol. The minimum atomic E-state index is -0.0387. The van der Waals surface area contributed by atoms with Crippen molar-refractivity contribution in [1.29, 1.82) is 0 Å². The van der Waals surface area contributed by atoms with E-state index in [-0.39, 0.29) is 11.8 Å². The minimum absolute atomic E-state index is 0.0387. The van der Waals surface area contributed by atoms with Crippen LogP contribution >= 0.6 is 0 Å². The van der Waals surface area contributed by atoms with Gasteiger partial charge in [0, 0.05) is 25.0 Å². The van der Waals surface area contributed by atoms with Crippen molar-refractivity contribution in [3.8, 4) is 0 Å². The highest BCUT2D eigenvalue weighted by Crippen LogP contribution is 2.37. The van der Waals surface area contributed by atoms with Crippen LogP contribution in [0.25, 0.3) is 0 Å². The van der Waals surface area contributed by atoms with Crippen LogP contribution in [0.2, 0.25) is 0 Å². The number of carbonyl (C=O) groups excluding carboxylic acids is 1. The molecule has 1 aromatic heterocycles. The highest BCUT2D eigenvalue weighted by atomic mass is 16.1. The van der Waals surface area contributed by atoms with Crippen molar-refractivity contribution < 1.29 is 4.79 Å². The number of fused-ring (bicyclic) bond motifs is 1. The Morgan fingerprint density at radius 2 is 2.04 bits per heavy atom. The van der Waals surface area contributed by atoms with Crippen LogP contribution in [0.3, 0.4) is 0 Å². The Morgan fingerprint density at radius 1 is 1.26 bits per heavy atom. The van der Waals surface area contributed by atoms with Gasteiger partial charge in [0.05, 0.1) is 5.92 Å². The van der Waals surface area contributed by atoms with Gasteiger partial charge in [-0.25, -0.2) is 0 Å². The number of hydrogen-bond acceptors (Lipinski definition) is 3. The van der Waals surface area contributed by atoms with Gasteiger partial charge in [-0.3, -0.25) is 9.78 Å². The first kappa shape index (κ1) is 18.2. The van der Waals surface area contributed by atoms with Crippen molar-refractivity contribution >= 4 is 5.91 Å². The van der Waals surface area contributed by atoms with E-state index in [4.69, 9.17) is 0 Å². The summed E-state index contributed by atoms with van der Waals surface area (Å²) in [7, 11) is 0. The van der Waals surface area contributed by atoms with Gasteiger partial charge in [-0.1, -0.05) is 43.2 Å². The third kappa shape index (κ3) is 3.91. The largest absolute Gasteiger partial charge is 0.351 e. The van der Waals surface area contributed by atoms with E-state index < -0.39 is 0 Å². The molecule has 0 radical (unpaired) electrons. The topological polar surface area (TPSA) is 54.0 Å². The van der Waals surface area contributed by atoms with E-state index >= 15 is 0 Å². The van der Waals surface area contributed by atoms with E-state index in [0.717, 1.165) is 43.6 Å². The summed E-state index contributed by atoms with van der Waals surface area (Å²) in [5.41, 5.74) is 6.04. The lowest BCUT2D eigenvalue weighted by Crippen LogP contribution is -2.34. The summed E-state index contributed by atoms with van der Waals surface area (Å²) in [6, 6.07) is 10.3. The molecule has 4 rings (SSSR count). The summed E-state index contributed by atoms with van der Waals surface area (Å²) in [4.78, 5) is 17.8. The number of benzene rings is 1. The Balaban J connectivity index is 1.54. The number of carbonyl (C=O) groups is 1. The monoisotopic (exact) mass is 363 g/mol. The number of hydrogen-bond donors (Lipinski definition) is 2. The van der Waals surface area contributed by atoms with Gasteiger partial charge in [0.15, 0.2) is 0 Å². The fraction of sp³-hybridized carbons (Fsp3) is 0.478. The van der Waals surface area contributed by atoms with Crippen molar-refractivity contribution in [1.82, 2.24) is 15.6 Å². The number of aromatic nitrogens is 1. The lowest BCUT2D eigenvalue weighted by atomic mass is 9.84. The fourth-order valence-electron chi connectivity index (χ4n) is 4.75. The zero-order valence-corrected chi connectivity index (χ0v) is 16.1. The average Bonchev–Trinajstić information content (AvgIpc) is 3.22. The van der Waals surface area contributed by atoms with Gasteiger partial charge in [0.25, 0.3) is 0 Å². The molecule has 2 N–H and O–H groups in total. The Morgan fingerprint density at radius 3 is 2.81 bits per heavy atom. The van der Waals surface area contributed by atoms with Gasteiger partial charge in [-0.2, -0.15) is 0 Å². The normalized spacial score (nSPS) is 18.1. The zero-order chi connectivity index (χ0) is 18.6. The van der Waals surface area contributed by atoms with E-state index in [2.05, 4.69) is 34.7 Å². The van der Waals surface area contributed by atoms with Crippen LogP contribution in [0.5, 0.6) is 0 Å². The molecule has 1 aliphatic carbocycles. The molecule has 1 unspecified atom stereocenters. The third-order valence-corrected chi connectivity index (χ3v) is 6.22. The molecule has 0 spiro atoms. The molecular formula is C23H29N3O. The van der Waals surface area contributed by atoms with Gasteiger partial charge in [0.2, 0.25) is 5.91 Å². The molecule has 27 heavy (non-hydrogen) atoms. The fourth-order valence-corrected chi connectivity index (χ4v) is 4.75. The molecular weight excluding hydrogens is 334 g/mol. The summed E-state index contributed by atoms with van der Waals surface area (Å²) < 4.78 is 0. The molecule has 1 aliphatic heterocycles. The summed E-state index contributed by atoms with van der Waals surface area (Å²) in [6.45, 7) is 4.50. The van der Waals surface area contributed by atoms with Crippen molar-refractivity contribution in [2.24, 2.45) is 5.92 Å². The SMILES string of the molecule is Cc1ncc2c(c1CNC(=O)C(c1ccccc1)C1CCCC1)CCNC2. The van der Waals surface area contributed by atoms with Gasteiger partial charge < -0.3 is 10.6 Å². The molecule has 142 valence electrons. The molecule has 1 amide bonds. The maximum Gasteiger partial charge on any atom is 0.228 e. The lowest BCUT2D eigenvalue weighted by Gasteiger charge is -2.25. The standard InChI is InChI=1S/C23H29N3O/c1-16-21(20-11-12-24-13-19(20)14-25-16)15-26-23(27)22(18-9-5-6-10-18)17-7-3-2-4-8-17/h2-4,7-8,14,18,22,24H,5-6,9-13,15H2,1H3,(H,26,27). The van der Waals surface area contributed by atoms with Crippen LogP contribution < -0.4 is 10.6 Å². The van der Waals surface area contributed by atoms with Crippen molar-refractivity contribution in [3.05, 3.63) is 64.5 Å². The average molecular weight is 364 g/mol. The van der Waals surface area contributed by atoms with E-state index in [0.29, 0.717) is 12.5 Å². The number of pyridine rings is 1. The van der Waals surface area contributed by atoms with E-state index in [9.17, 15) is 4.79 Å². The number of nitrogens with one attached hydrogen (secondary N) is 2. The van der Waals surface area contributed by atoms with Crippen LogP contribution in [-0.2, 0) is 24.3 Å². The van der Waals surface area contributed by atoms with Crippen LogP contribution in [-0.4, -0.2) is 17.4 Å². The molecule has 4 nitrogen and oxygen atoms in total. The van der Waals surface area contributed by atoms with Crippen molar-refractivity contribution in [3.63, 3.8) is 0 Å². The molecule has 2 heterocycles. The van der Waals surface area contributed by atoms with Crippen molar-refractivity contribution in [2.75, 3.05) is 6.54 Å². The number of rotatable bonds is 5. The van der Waals surface area contributed by atoms with Crippen LogP contribution in [0.4, 0.5) is 0 Å². The predicted octanol–water partition coefficient (Wildman–Crippen LogP) is 3.63. The highest BCUT2D eigenvalue weighted by Gasteiger charge is 2.32. The van der Waals surface area contributed by atoms with E-state index in [1.165, 1.54) is 29.5 Å². The second kappa shape index (κ2) is 8.22. The summed E-state index contributed by atoms with van der Waals surface area (Å²) in [6.07, 6.45) is 7.77. The van der Waals surface area contributed by atoms with Crippen LogP contribution in [0, 0.1) is 12.8 Å². The first-order valence-electron chi connectivity index (χ1n) is 10.2. The van der Waals surface area contributed by atoms with E-state index in [1.807, 2.05) is 24.4 Å². The summed E-state index contributed by atoms with van der Waals surface area (Å²) >= 11 is 0. The minimum Gasteiger partial charge on any atom is -0.351 e. The van der Waals surface area contributed by atoms with Gasteiger partial charge >= 0.3 is 0 Å². The molecule has 1 saturated carbocycles. The maximum absolute atomic E-state index is 13.2. The Labute approximate surface area is 161 Å². The van der Waals surface area contributed by atoms with Crippen LogP contribution in [0.1, 0.15) is 59.5 Å². The van der Waals surface area contributed by atoms with Gasteiger partial charge in [-0.15, -0.1) is 0 Å². The Kier molecular flexibility index (Phi) is 5.53. The zero-order valence-electron chi connectivity index (χ0n) is 16.1. The van der Waals surface area contributed by atoms with Gasteiger partial charge in [-0.05, 0) is 60.9 Å². The van der Waals surface area contributed by atoms with Crippen molar-refractivity contribution in [2.45, 2.75) is 58.0 Å². The summed E-state index contributed by atoms with van der Waals surface area (Å²) in [5, 5.41) is 6.67. The molecule has 1 atom stereocenters. The molecule has 1 aromatic carbocycles. The summed E-state index contributed by atoms with van der Waals surface area (Å²) in [5.74, 6) is 0.586. The Hall–Kier alpha value is -2.20. The molecule has 0 bridgehead atoms. The second-order valence-corrected chi connectivity index (χ2v) is 7.90. The molecule has 4 heteroatoms. The molecule has 1 fully saturated rings. The number of aryl methyl sites for hydroxylation is 1. The van der Waals surface area contributed by atoms with Crippen LogP contribution in [0.15, 0.2) is 36.5 Å². The smallest absolute Gasteiger partial charge is 0.228 e. The highest BCUT2D eigenvalue weighted by molar-refractivity contribution is 5.84. The van der Waals surface area contributed by atoms with E-state index in [1.54, 1.807) is 0 Å². The first-order chi connectivity index (χ1) is 13.2. The maximum atomic E-state index is 13.2. The number of amides is 1. The lowest BCUT2D eigenvalue weighted by molar-refractivity contribution is -0.123. The second-order valence-electron chi connectivity index (χ2n) is 7.90. The quantitative estimate of drug-likeness (QED) is 0.853. The van der Waals surface area contributed by atoms with Gasteiger partial charge in [0.1, 0.15) is 0 Å². The molecule has 0 saturated heterocycles. The first-order valence-corrected chi connectivity index (χ1v) is 10.2. The third-order valence-electron chi connectivity index (χ3n) is 6.22. The molecule has 2 aromatic rings.